The molecule has 144 valence electrons. The number of aryl methyl sites for hydroxylation is 2. The predicted molar refractivity (Wildman–Crippen MR) is 115 cm³/mol. The van der Waals surface area contributed by atoms with E-state index in [4.69, 9.17) is 5.41 Å². The van der Waals surface area contributed by atoms with Gasteiger partial charge in [-0.15, -0.1) is 0 Å². The molecule has 2 aromatic carbocycles. The molecular formula is C21H22N4O2S. The number of nitrogens with zero attached hydrogens (tertiary/aromatic N) is 2. The van der Waals surface area contributed by atoms with Gasteiger partial charge in [-0.25, -0.2) is 0 Å². The number of carbonyl (C=O) groups excluding carboxylic acids is 2. The fourth-order valence-corrected chi connectivity index (χ4v) is 3.70. The van der Waals surface area contributed by atoms with E-state index < -0.39 is 5.25 Å². The number of nitrogens with one attached hydrogen (secondary N) is 2. The third-order valence-corrected chi connectivity index (χ3v) is 5.28. The van der Waals surface area contributed by atoms with Crippen LogP contribution in [0, 0.1) is 19.3 Å². The molecule has 0 saturated heterocycles. The first-order chi connectivity index (χ1) is 13.3. The normalized spacial score (nSPS) is 15.2. The molecule has 28 heavy (non-hydrogen) atoms. The zero-order valence-corrected chi connectivity index (χ0v) is 16.8. The van der Waals surface area contributed by atoms with E-state index in [1.807, 2.05) is 62.4 Å². The standard InChI is InChI=1S/C21H22N4O2S/c1-13-7-9-16(10-8-13)23-20(27)15(3)28-21-24-19(26)12-18(22)25(21)17-6-4-5-14(2)11-17/h4-11,15,22H,12H2,1-3H3,(H,23,27). The Morgan fingerprint density at radius 1 is 1.18 bits per heavy atom. The van der Waals surface area contributed by atoms with E-state index in [0.29, 0.717) is 10.9 Å². The molecule has 0 spiro atoms. The van der Waals surface area contributed by atoms with E-state index in [1.165, 1.54) is 11.8 Å². The van der Waals surface area contributed by atoms with Gasteiger partial charge in [-0.3, -0.25) is 19.9 Å². The van der Waals surface area contributed by atoms with Crippen molar-refractivity contribution in [3.63, 3.8) is 0 Å². The van der Waals surface area contributed by atoms with Crippen molar-refractivity contribution < 1.29 is 9.59 Å². The fourth-order valence-electron chi connectivity index (χ4n) is 2.74. The molecular weight excluding hydrogens is 372 g/mol. The van der Waals surface area contributed by atoms with Crippen molar-refractivity contribution in [2.24, 2.45) is 4.99 Å². The molecule has 0 aliphatic carbocycles. The first-order valence-corrected chi connectivity index (χ1v) is 9.81. The first kappa shape index (κ1) is 19.8. The summed E-state index contributed by atoms with van der Waals surface area (Å²) in [6.45, 7) is 5.70. The molecule has 0 radical (unpaired) electrons. The van der Waals surface area contributed by atoms with Crippen LogP contribution in [-0.4, -0.2) is 28.1 Å². The molecule has 1 aliphatic heterocycles. The van der Waals surface area contributed by atoms with Crippen LogP contribution in [0.25, 0.3) is 0 Å². The minimum atomic E-state index is -0.494. The third-order valence-electron chi connectivity index (χ3n) is 4.23. The van der Waals surface area contributed by atoms with Crippen LogP contribution in [-0.2, 0) is 9.59 Å². The largest absolute Gasteiger partial charge is 0.325 e. The van der Waals surface area contributed by atoms with Gasteiger partial charge in [-0.05, 0) is 50.6 Å². The quantitative estimate of drug-likeness (QED) is 0.816. The van der Waals surface area contributed by atoms with Crippen LogP contribution in [0.2, 0.25) is 0 Å². The van der Waals surface area contributed by atoms with E-state index in [0.717, 1.165) is 16.8 Å². The second kappa shape index (κ2) is 8.39. The van der Waals surface area contributed by atoms with Crippen LogP contribution in [0.1, 0.15) is 24.5 Å². The van der Waals surface area contributed by atoms with Crippen LogP contribution in [0.3, 0.4) is 0 Å². The van der Waals surface area contributed by atoms with Gasteiger partial charge >= 0.3 is 0 Å². The SMILES string of the molecule is Cc1ccc(NC(=O)C(C)SC2=NC(=O)CC(=N)N2c2cccc(C)c2)cc1. The average molecular weight is 395 g/mol. The molecule has 1 aliphatic rings. The molecule has 6 nitrogen and oxygen atoms in total. The van der Waals surface area contributed by atoms with Gasteiger partial charge in [-0.1, -0.05) is 41.6 Å². The van der Waals surface area contributed by atoms with Crippen LogP contribution in [0.4, 0.5) is 11.4 Å². The Labute approximate surface area is 168 Å². The first-order valence-electron chi connectivity index (χ1n) is 8.93. The molecule has 7 heteroatoms. The van der Waals surface area contributed by atoms with E-state index >= 15 is 0 Å². The highest BCUT2D eigenvalue weighted by Gasteiger charge is 2.29. The van der Waals surface area contributed by atoms with E-state index in [9.17, 15) is 9.59 Å². The third kappa shape index (κ3) is 4.67. The number of rotatable bonds is 4. The number of amides is 2. The van der Waals surface area contributed by atoms with Crippen LogP contribution < -0.4 is 10.2 Å². The maximum Gasteiger partial charge on any atom is 0.255 e. The lowest BCUT2D eigenvalue weighted by atomic mass is 10.2. The van der Waals surface area contributed by atoms with Crippen molar-refractivity contribution in [3.8, 4) is 0 Å². The lowest BCUT2D eigenvalue weighted by Crippen LogP contribution is -2.41. The Bertz CT molecular complexity index is 953. The van der Waals surface area contributed by atoms with Crippen molar-refractivity contribution in [2.45, 2.75) is 32.4 Å². The van der Waals surface area contributed by atoms with Gasteiger partial charge in [0.1, 0.15) is 5.84 Å². The highest BCUT2D eigenvalue weighted by Crippen LogP contribution is 2.27. The number of carbonyl (C=O) groups is 2. The highest BCUT2D eigenvalue weighted by atomic mass is 32.2. The Hall–Kier alpha value is -2.93. The van der Waals surface area contributed by atoms with Crippen LogP contribution >= 0.6 is 11.8 Å². The Balaban J connectivity index is 1.78. The van der Waals surface area contributed by atoms with Crippen molar-refractivity contribution >= 4 is 46.0 Å². The highest BCUT2D eigenvalue weighted by molar-refractivity contribution is 8.15. The number of aliphatic imine (C=N–C) groups is 1. The molecule has 2 amide bonds. The fraction of sp³-hybridized carbons (Fsp3) is 0.238. The van der Waals surface area contributed by atoms with Crippen molar-refractivity contribution in [1.82, 2.24) is 0 Å². The van der Waals surface area contributed by atoms with Gasteiger partial charge in [0.15, 0.2) is 5.17 Å². The summed E-state index contributed by atoms with van der Waals surface area (Å²) in [5.41, 5.74) is 3.63. The summed E-state index contributed by atoms with van der Waals surface area (Å²) < 4.78 is 0. The molecule has 2 N–H and O–H groups in total. The van der Waals surface area contributed by atoms with E-state index in [2.05, 4.69) is 10.3 Å². The molecule has 1 unspecified atom stereocenters. The second-order valence-corrected chi connectivity index (χ2v) is 8.01. The summed E-state index contributed by atoms with van der Waals surface area (Å²) in [7, 11) is 0. The lowest BCUT2D eigenvalue weighted by Gasteiger charge is -2.29. The van der Waals surface area contributed by atoms with Gasteiger partial charge in [0.2, 0.25) is 5.91 Å². The van der Waals surface area contributed by atoms with Gasteiger partial charge in [-0.2, -0.15) is 4.99 Å². The summed E-state index contributed by atoms with van der Waals surface area (Å²) in [4.78, 5) is 30.3. The molecule has 1 atom stereocenters. The summed E-state index contributed by atoms with van der Waals surface area (Å²) in [5, 5.41) is 11.0. The number of anilines is 2. The van der Waals surface area contributed by atoms with Gasteiger partial charge in [0.25, 0.3) is 5.91 Å². The Morgan fingerprint density at radius 3 is 2.57 bits per heavy atom. The second-order valence-electron chi connectivity index (χ2n) is 6.70. The van der Waals surface area contributed by atoms with Gasteiger partial charge in [0, 0.05) is 11.4 Å². The maximum atomic E-state index is 12.6. The number of thioether (sulfide) groups is 1. The van der Waals surface area contributed by atoms with Crippen LogP contribution in [0.5, 0.6) is 0 Å². The summed E-state index contributed by atoms with van der Waals surface area (Å²) >= 11 is 1.17. The van der Waals surface area contributed by atoms with Crippen molar-refractivity contribution in [2.75, 3.05) is 10.2 Å². The topological polar surface area (TPSA) is 85.6 Å². The number of benzene rings is 2. The monoisotopic (exact) mass is 394 g/mol. The minimum absolute atomic E-state index is 0.0536. The van der Waals surface area contributed by atoms with Crippen LogP contribution in [0.15, 0.2) is 53.5 Å². The molecule has 1 heterocycles. The van der Waals surface area contributed by atoms with E-state index in [-0.39, 0.29) is 24.1 Å². The average Bonchev–Trinajstić information content (AvgIpc) is 2.63. The molecule has 3 rings (SSSR count). The van der Waals surface area contributed by atoms with E-state index in [1.54, 1.807) is 11.8 Å². The van der Waals surface area contributed by atoms with Crippen molar-refractivity contribution in [3.05, 3.63) is 59.7 Å². The zero-order chi connectivity index (χ0) is 20.3. The molecule has 0 fully saturated rings. The predicted octanol–water partition coefficient (Wildman–Crippen LogP) is 4.13. The zero-order valence-electron chi connectivity index (χ0n) is 16.0. The lowest BCUT2D eigenvalue weighted by molar-refractivity contribution is -0.117. The number of amidine groups is 2. The number of hydrogen-bond donors (Lipinski definition) is 2. The molecule has 0 aromatic heterocycles. The smallest absolute Gasteiger partial charge is 0.255 e. The Kier molecular flexibility index (Phi) is 5.94. The molecule has 2 aromatic rings. The summed E-state index contributed by atoms with van der Waals surface area (Å²) in [5.74, 6) is -0.410. The van der Waals surface area contributed by atoms with Gasteiger partial charge < -0.3 is 5.32 Å². The van der Waals surface area contributed by atoms with Gasteiger partial charge in [0.05, 0.1) is 11.7 Å². The summed E-state index contributed by atoms with van der Waals surface area (Å²) in [6.07, 6.45) is -0.0536. The minimum Gasteiger partial charge on any atom is -0.325 e. The summed E-state index contributed by atoms with van der Waals surface area (Å²) in [6, 6.07) is 15.2. The van der Waals surface area contributed by atoms with Crippen molar-refractivity contribution in [1.29, 1.82) is 5.41 Å². The Morgan fingerprint density at radius 2 is 1.89 bits per heavy atom. The molecule has 0 saturated carbocycles. The maximum absolute atomic E-state index is 12.6. The number of hydrogen-bond acceptors (Lipinski definition) is 4. The molecule has 0 bridgehead atoms.